The van der Waals surface area contributed by atoms with Crippen LogP contribution in [0.25, 0.3) is 33.4 Å². The molecule has 0 unspecified atom stereocenters. The number of nitrogens with one attached hydrogen (secondary N) is 1. The van der Waals surface area contributed by atoms with Gasteiger partial charge >= 0.3 is 0 Å². The number of carbonyl (C=O) groups is 1. The van der Waals surface area contributed by atoms with Crippen molar-refractivity contribution >= 4 is 28.4 Å². The van der Waals surface area contributed by atoms with Gasteiger partial charge < -0.3 is 20.4 Å². The van der Waals surface area contributed by atoms with Gasteiger partial charge in [-0.2, -0.15) is 0 Å². The van der Waals surface area contributed by atoms with Crippen molar-refractivity contribution in [3.05, 3.63) is 97.0 Å². The van der Waals surface area contributed by atoms with Crippen LogP contribution in [-0.4, -0.2) is 25.4 Å². The minimum Gasteiger partial charge on any atom is -0.473 e. The molecular weight excluding hydrogens is 464 g/mol. The van der Waals surface area contributed by atoms with Crippen LogP contribution < -0.4 is 15.8 Å². The number of aryl methyl sites for hydroxylation is 1. The Morgan fingerprint density at radius 2 is 1.73 bits per heavy atom. The number of carbonyl (C=O) groups excluding carboxylic acids is 1. The summed E-state index contributed by atoms with van der Waals surface area (Å²) in [5.74, 6) is 0.689. The number of rotatable bonds is 7. The summed E-state index contributed by atoms with van der Waals surface area (Å²) in [6, 6.07) is 21.3. The summed E-state index contributed by atoms with van der Waals surface area (Å²) in [4.78, 5) is 25.3. The first-order chi connectivity index (χ1) is 17.9. The lowest BCUT2D eigenvalue weighted by Crippen LogP contribution is -2.11. The molecule has 0 saturated heterocycles. The van der Waals surface area contributed by atoms with Gasteiger partial charge in [-0.15, -0.1) is 0 Å². The van der Waals surface area contributed by atoms with Crippen molar-refractivity contribution in [2.75, 3.05) is 11.1 Å². The molecule has 0 aliphatic rings. The van der Waals surface area contributed by atoms with Gasteiger partial charge in [0.25, 0.3) is 5.91 Å². The smallest absolute Gasteiger partial charge is 0.250 e. The number of hydrogen-bond acceptors (Lipinski definition) is 6. The number of amides is 1. The predicted octanol–water partition coefficient (Wildman–Crippen LogP) is 5.37. The maximum Gasteiger partial charge on any atom is 0.250 e. The molecule has 0 aliphatic heterocycles. The van der Waals surface area contributed by atoms with E-state index in [-0.39, 0.29) is 5.91 Å². The number of nitrogen functional groups attached to an aromatic ring is 1. The van der Waals surface area contributed by atoms with Gasteiger partial charge in [-0.3, -0.25) is 4.79 Å². The van der Waals surface area contributed by atoms with Crippen molar-refractivity contribution in [3.8, 4) is 28.3 Å². The van der Waals surface area contributed by atoms with Gasteiger partial charge in [0.1, 0.15) is 24.4 Å². The van der Waals surface area contributed by atoms with Crippen LogP contribution in [0.4, 0.5) is 11.5 Å². The molecule has 2 aromatic carbocycles. The molecule has 0 spiro atoms. The summed E-state index contributed by atoms with van der Waals surface area (Å²) in [6.45, 7) is 5.79. The van der Waals surface area contributed by atoms with E-state index in [1.807, 2.05) is 78.3 Å². The summed E-state index contributed by atoms with van der Waals surface area (Å²) >= 11 is 0. The first-order valence-electron chi connectivity index (χ1n) is 11.7. The van der Waals surface area contributed by atoms with Crippen molar-refractivity contribution in [1.82, 2.24) is 19.5 Å². The van der Waals surface area contributed by atoms with Crippen molar-refractivity contribution in [2.24, 2.45) is 7.05 Å². The molecular formula is C29H26N6O2. The van der Waals surface area contributed by atoms with Gasteiger partial charge in [0.15, 0.2) is 0 Å². The molecule has 5 aromatic rings. The lowest BCUT2D eigenvalue weighted by atomic mass is 10.00. The third kappa shape index (κ3) is 4.77. The van der Waals surface area contributed by atoms with E-state index in [0.717, 1.165) is 33.3 Å². The molecule has 0 radical (unpaired) electrons. The Balaban J connectivity index is 1.53. The fourth-order valence-electron chi connectivity index (χ4n) is 4.19. The Labute approximate surface area is 214 Å². The number of pyridine rings is 1. The maximum atomic E-state index is 12.0. The van der Waals surface area contributed by atoms with Crippen LogP contribution in [0.15, 0.2) is 91.4 Å². The Morgan fingerprint density at radius 3 is 2.41 bits per heavy atom. The average Bonchev–Trinajstić information content (AvgIpc) is 3.22. The average molecular weight is 491 g/mol. The highest BCUT2D eigenvalue weighted by molar-refractivity contribution is 6.08. The van der Waals surface area contributed by atoms with E-state index in [9.17, 15) is 4.79 Å². The first-order valence-corrected chi connectivity index (χ1v) is 11.7. The molecule has 8 nitrogen and oxygen atoms in total. The fraction of sp³-hybridized carbons (Fsp3) is 0.103. The maximum absolute atomic E-state index is 12.0. The number of ether oxygens (including phenoxy) is 1. The molecule has 8 heteroatoms. The highest BCUT2D eigenvalue weighted by Gasteiger charge is 2.22. The van der Waals surface area contributed by atoms with E-state index in [4.69, 9.17) is 10.5 Å². The van der Waals surface area contributed by atoms with Gasteiger partial charge in [0.05, 0.1) is 11.1 Å². The highest BCUT2D eigenvalue weighted by atomic mass is 16.5. The van der Waals surface area contributed by atoms with Crippen molar-refractivity contribution in [2.45, 2.75) is 13.5 Å². The molecule has 0 aliphatic carbocycles. The van der Waals surface area contributed by atoms with E-state index >= 15 is 0 Å². The van der Waals surface area contributed by atoms with E-state index in [1.54, 1.807) is 13.1 Å². The minimum atomic E-state index is -0.221. The number of fused-ring (bicyclic) bond motifs is 1. The SMILES string of the molecule is C=C(C)C(=O)Nc1ccc(-c2c(-c3ccc(OCc4ccccc4)nc3)c3c(N)ncnc3n2C)cc1. The molecule has 5 rings (SSSR count). The second-order valence-corrected chi connectivity index (χ2v) is 8.71. The van der Waals surface area contributed by atoms with Gasteiger partial charge in [0.2, 0.25) is 5.88 Å². The number of anilines is 2. The van der Waals surface area contributed by atoms with Crippen LogP contribution >= 0.6 is 0 Å². The summed E-state index contributed by atoms with van der Waals surface area (Å²) in [5.41, 5.74) is 12.8. The van der Waals surface area contributed by atoms with Gasteiger partial charge in [-0.25, -0.2) is 15.0 Å². The zero-order valence-electron chi connectivity index (χ0n) is 20.6. The Bertz CT molecular complexity index is 1590. The zero-order chi connectivity index (χ0) is 25.9. The summed E-state index contributed by atoms with van der Waals surface area (Å²) in [7, 11) is 1.94. The fourth-order valence-corrected chi connectivity index (χ4v) is 4.19. The largest absolute Gasteiger partial charge is 0.473 e. The van der Waals surface area contributed by atoms with Gasteiger partial charge in [-0.1, -0.05) is 49.0 Å². The Morgan fingerprint density at radius 1 is 1.00 bits per heavy atom. The van der Waals surface area contributed by atoms with Crippen LogP contribution in [0.2, 0.25) is 0 Å². The van der Waals surface area contributed by atoms with Crippen LogP contribution in [0.3, 0.4) is 0 Å². The predicted molar refractivity (Wildman–Crippen MR) is 146 cm³/mol. The summed E-state index contributed by atoms with van der Waals surface area (Å²) in [6.07, 6.45) is 3.23. The zero-order valence-corrected chi connectivity index (χ0v) is 20.6. The van der Waals surface area contributed by atoms with E-state index in [0.29, 0.717) is 35.2 Å². The third-order valence-corrected chi connectivity index (χ3v) is 6.05. The summed E-state index contributed by atoms with van der Waals surface area (Å²) < 4.78 is 7.86. The molecule has 0 saturated carbocycles. The molecule has 37 heavy (non-hydrogen) atoms. The van der Waals surface area contributed by atoms with Crippen molar-refractivity contribution < 1.29 is 9.53 Å². The van der Waals surface area contributed by atoms with Crippen LogP contribution in [0.1, 0.15) is 12.5 Å². The lowest BCUT2D eigenvalue weighted by molar-refractivity contribution is -0.112. The normalized spacial score (nSPS) is 10.9. The van der Waals surface area contributed by atoms with Crippen LogP contribution in [0.5, 0.6) is 5.88 Å². The molecule has 0 bridgehead atoms. The molecule has 3 aromatic heterocycles. The third-order valence-electron chi connectivity index (χ3n) is 6.05. The second kappa shape index (κ2) is 9.94. The number of hydrogen-bond donors (Lipinski definition) is 2. The van der Waals surface area contributed by atoms with Crippen LogP contribution in [-0.2, 0) is 18.4 Å². The quantitative estimate of drug-likeness (QED) is 0.297. The van der Waals surface area contributed by atoms with E-state index in [2.05, 4.69) is 26.8 Å². The highest BCUT2D eigenvalue weighted by Crippen LogP contribution is 2.41. The number of benzene rings is 2. The number of aromatic nitrogens is 4. The van der Waals surface area contributed by atoms with Crippen molar-refractivity contribution in [1.29, 1.82) is 0 Å². The molecule has 3 heterocycles. The lowest BCUT2D eigenvalue weighted by Gasteiger charge is -2.11. The number of nitrogens with two attached hydrogens (primary N) is 1. The molecule has 0 fully saturated rings. The first kappa shape index (κ1) is 23.7. The number of nitrogens with zero attached hydrogens (tertiary/aromatic N) is 4. The molecule has 3 N–H and O–H groups in total. The van der Waals surface area contributed by atoms with E-state index < -0.39 is 0 Å². The Kier molecular flexibility index (Phi) is 6.38. The van der Waals surface area contributed by atoms with Gasteiger partial charge in [0, 0.05) is 41.7 Å². The minimum absolute atomic E-state index is 0.221. The van der Waals surface area contributed by atoms with E-state index in [1.165, 1.54) is 6.33 Å². The van der Waals surface area contributed by atoms with Gasteiger partial charge in [-0.05, 0) is 36.2 Å². The van der Waals surface area contributed by atoms with Crippen LogP contribution in [0, 0.1) is 0 Å². The summed E-state index contributed by atoms with van der Waals surface area (Å²) in [5, 5.41) is 3.58. The monoisotopic (exact) mass is 490 g/mol. The molecule has 184 valence electrons. The van der Waals surface area contributed by atoms with Crippen molar-refractivity contribution in [3.63, 3.8) is 0 Å². The molecule has 0 atom stereocenters. The standard InChI is InChI=1S/C29H26N6O2/c1-18(2)29(36)34-22-12-9-20(10-13-22)26-24(25-27(30)32-17-33-28(25)35(26)3)21-11-14-23(31-15-21)37-16-19-7-5-4-6-8-19/h4-15,17H,1,16H2,2-3H3,(H,34,36)(H2,30,32,33). The topological polar surface area (TPSA) is 108 Å². The second-order valence-electron chi connectivity index (χ2n) is 8.71. The molecule has 1 amide bonds. The Hall–Kier alpha value is -4.98.